The van der Waals surface area contributed by atoms with Crippen molar-refractivity contribution >= 4 is 23.0 Å². The largest absolute Gasteiger partial charge is 0.457 e. The third-order valence-electron chi connectivity index (χ3n) is 7.04. The molecular formula is C32H28N4OS. The number of nitrogens with one attached hydrogen (secondary N) is 1. The summed E-state index contributed by atoms with van der Waals surface area (Å²) in [6, 6.07) is 34.5. The van der Waals surface area contributed by atoms with E-state index in [4.69, 9.17) is 21.9 Å². The summed E-state index contributed by atoms with van der Waals surface area (Å²) >= 11 is 5.93. The van der Waals surface area contributed by atoms with Crippen LogP contribution in [0.15, 0.2) is 116 Å². The van der Waals surface area contributed by atoms with Crippen LogP contribution in [-0.4, -0.2) is 14.7 Å². The Balaban J connectivity index is 1.41. The van der Waals surface area contributed by atoms with E-state index in [0.29, 0.717) is 5.11 Å². The summed E-state index contributed by atoms with van der Waals surface area (Å²) < 4.78 is 8.28. The SMILES string of the molecule is Cc1ccc(-n2cccc2C2C(c3ccccn3)NC(=S)N2c2ccc(Oc3ccccc3)cc2)cc1C. The molecule has 0 aliphatic carbocycles. The first-order chi connectivity index (χ1) is 18.6. The second-order valence-corrected chi connectivity index (χ2v) is 9.86. The molecule has 0 saturated carbocycles. The van der Waals surface area contributed by atoms with Crippen molar-refractivity contribution in [1.29, 1.82) is 0 Å². The van der Waals surface area contributed by atoms with Crippen molar-refractivity contribution in [2.24, 2.45) is 0 Å². The molecule has 3 heterocycles. The Kier molecular flexibility index (Phi) is 6.40. The molecule has 5 aromatic rings. The summed E-state index contributed by atoms with van der Waals surface area (Å²) in [6.45, 7) is 4.29. The highest BCUT2D eigenvalue weighted by molar-refractivity contribution is 7.80. The normalized spacial score (nSPS) is 16.9. The maximum Gasteiger partial charge on any atom is 0.174 e. The van der Waals surface area contributed by atoms with E-state index < -0.39 is 0 Å². The van der Waals surface area contributed by atoms with Gasteiger partial charge < -0.3 is 19.5 Å². The van der Waals surface area contributed by atoms with Gasteiger partial charge in [0, 0.05) is 29.5 Å². The summed E-state index contributed by atoms with van der Waals surface area (Å²) in [6.07, 6.45) is 3.95. The molecule has 6 rings (SSSR count). The van der Waals surface area contributed by atoms with Gasteiger partial charge in [0.2, 0.25) is 0 Å². The number of nitrogens with zero attached hydrogens (tertiary/aromatic N) is 3. The lowest BCUT2D eigenvalue weighted by Gasteiger charge is -2.29. The Morgan fingerprint density at radius 1 is 0.763 bits per heavy atom. The summed E-state index contributed by atoms with van der Waals surface area (Å²) in [7, 11) is 0. The van der Waals surface area contributed by atoms with E-state index in [0.717, 1.165) is 34.3 Å². The number of thiocarbonyl (C=S) groups is 1. The fourth-order valence-corrected chi connectivity index (χ4v) is 5.32. The molecule has 3 aromatic carbocycles. The molecule has 0 amide bonds. The van der Waals surface area contributed by atoms with Crippen LogP contribution in [0.3, 0.4) is 0 Å². The van der Waals surface area contributed by atoms with E-state index in [-0.39, 0.29) is 12.1 Å². The number of pyridine rings is 1. The highest BCUT2D eigenvalue weighted by Gasteiger charge is 2.42. The molecule has 2 unspecified atom stereocenters. The van der Waals surface area contributed by atoms with Gasteiger partial charge in [0.15, 0.2) is 5.11 Å². The van der Waals surface area contributed by atoms with Crippen LogP contribution in [0, 0.1) is 13.8 Å². The number of benzene rings is 3. The molecular weight excluding hydrogens is 488 g/mol. The monoisotopic (exact) mass is 516 g/mol. The van der Waals surface area contributed by atoms with Crippen LogP contribution >= 0.6 is 12.2 Å². The third kappa shape index (κ3) is 4.55. The van der Waals surface area contributed by atoms with Gasteiger partial charge in [-0.15, -0.1) is 0 Å². The van der Waals surface area contributed by atoms with Gasteiger partial charge in [-0.3, -0.25) is 4.98 Å². The molecule has 1 aliphatic rings. The van der Waals surface area contributed by atoms with Gasteiger partial charge >= 0.3 is 0 Å². The molecule has 0 bridgehead atoms. The number of para-hydroxylation sites is 1. The lowest BCUT2D eigenvalue weighted by atomic mass is 10.0. The topological polar surface area (TPSA) is 42.3 Å². The molecule has 5 nitrogen and oxygen atoms in total. The number of hydrogen-bond donors (Lipinski definition) is 1. The molecule has 0 spiro atoms. The van der Waals surface area contributed by atoms with Crippen molar-refractivity contribution in [2.45, 2.75) is 25.9 Å². The molecule has 188 valence electrons. The van der Waals surface area contributed by atoms with Crippen LogP contribution in [0.5, 0.6) is 11.5 Å². The minimum atomic E-state index is -0.121. The highest BCUT2D eigenvalue weighted by atomic mass is 32.1. The fourth-order valence-electron chi connectivity index (χ4n) is 4.98. The summed E-state index contributed by atoms with van der Waals surface area (Å²) in [5, 5.41) is 4.22. The minimum absolute atomic E-state index is 0.116. The number of hydrogen-bond acceptors (Lipinski definition) is 3. The van der Waals surface area contributed by atoms with Crippen molar-refractivity contribution in [3.63, 3.8) is 0 Å². The average Bonchev–Trinajstić information content (AvgIpc) is 3.56. The van der Waals surface area contributed by atoms with Gasteiger partial charge in [-0.05, 0) is 110 Å². The number of aryl methyl sites for hydroxylation is 2. The van der Waals surface area contributed by atoms with Crippen molar-refractivity contribution in [3.8, 4) is 17.2 Å². The van der Waals surface area contributed by atoms with Crippen LogP contribution in [0.4, 0.5) is 5.69 Å². The van der Waals surface area contributed by atoms with Gasteiger partial charge in [-0.1, -0.05) is 30.3 Å². The second kappa shape index (κ2) is 10.1. The van der Waals surface area contributed by atoms with Gasteiger partial charge in [0.1, 0.15) is 17.5 Å². The molecule has 2 atom stereocenters. The average molecular weight is 517 g/mol. The van der Waals surface area contributed by atoms with Gasteiger partial charge in [0.25, 0.3) is 0 Å². The van der Waals surface area contributed by atoms with E-state index in [1.54, 1.807) is 0 Å². The zero-order chi connectivity index (χ0) is 26.1. The van der Waals surface area contributed by atoms with Crippen LogP contribution in [0.25, 0.3) is 5.69 Å². The molecule has 38 heavy (non-hydrogen) atoms. The summed E-state index contributed by atoms with van der Waals surface area (Å²) in [5.41, 5.74) is 6.71. The number of anilines is 1. The van der Waals surface area contributed by atoms with E-state index in [1.807, 2.05) is 60.8 Å². The van der Waals surface area contributed by atoms with Crippen molar-refractivity contribution in [1.82, 2.24) is 14.9 Å². The first-order valence-corrected chi connectivity index (χ1v) is 13.1. The Morgan fingerprint density at radius 3 is 2.24 bits per heavy atom. The Hall–Kier alpha value is -4.42. The molecule has 1 aliphatic heterocycles. The van der Waals surface area contributed by atoms with Crippen LogP contribution in [0.1, 0.15) is 34.6 Å². The summed E-state index contributed by atoms with van der Waals surface area (Å²) in [4.78, 5) is 6.88. The van der Waals surface area contributed by atoms with Crippen molar-refractivity contribution in [2.75, 3.05) is 4.90 Å². The zero-order valence-electron chi connectivity index (χ0n) is 21.3. The molecule has 1 saturated heterocycles. The number of aromatic nitrogens is 2. The maximum atomic E-state index is 6.03. The number of ether oxygens (including phenoxy) is 1. The third-order valence-corrected chi connectivity index (χ3v) is 7.36. The standard InChI is InChI=1S/C32H28N4OS/c1-22-13-14-25(21-23(22)2)35-20-8-12-29(35)31-30(28-11-6-7-19-33-28)34-32(38)36(31)24-15-17-27(18-16-24)37-26-9-4-3-5-10-26/h3-21,30-31H,1-2H3,(H,34,38). The maximum absolute atomic E-state index is 6.03. The van der Waals surface area contributed by atoms with Gasteiger partial charge in [0.05, 0.1) is 11.7 Å². The van der Waals surface area contributed by atoms with Crippen LogP contribution in [0.2, 0.25) is 0 Å². The Morgan fingerprint density at radius 2 is 1.50 bits per heavy atom. The van der Waals surface area contributed by atoms with Crippen molar-refractivity contribution in [3.05, 3.63) is 138 Å². The van der Waals surface area contributed by atoms with E-state index in [2.05, 4.69) is 83.4 Å². The van der Waals surface area contributed by atoms with Crippen molar-refractivity contribution < 1.29 is 4.74 Å². The van der Waals surface area contributed by atoms with E-state index >= 15 is 0 Å². The molecule has 2 aromatic heterocycles. The molecule has 1 fully saturated rings. The van der Waals surface area contributed by atoms with Crippen LogP contribution < -0.4 is 15.0 Å². The fraction of sp³-hybridized carbons (Fsp3) is 0.125. The van der Waals surface area contributed by atoms with E-state index in [9.17, 15) is 0 Å². The quantitative estimate of drug-likeness (QED) is 0.237. The minimum Gasteiger partial charge on any atom is -0.457 e. The Labute approximate surface area is 228 Å². The smallest absolute Gasteiger partial charge is 0.174 e. The van der Waals surface area contributed by atoms with Gasteiger partial charge in [-0.25, -0.2) is 0 Å². The summed E-state index contributed by atoms with van der Waals surface area (Å²) in [5.74, 6) is 1.58. The van der Waals surface area contributed by atoms with E-state index in [1.165, 1.54) is 11.1 Å². The predicted octanol–water partition coefficient (Wildman–Crippen LogP) is 7.46. The Bertz CT molecular complexity index is 1560. The zero-order valence-corrected chi connectivity index (χ0v) is 22.1. The predicted molar refractivity (Wildman–Crippen MR) is 156 cm³/mol. The highest BCUT2D eigenvalue weighted by Crippen LogP contribution is 2.42. The molecule has 6 heteroatoms. The first-order valence-electron chi connectivity index (χ1n) is 12.7. The first kappa shape index (κ1) is 23.9. The molecule has 0 radical (unpaired) electrons. The second-order valence-electron chi connectivity index (χ2n) is 9.48. The lowest BCUT2D eigenvalue weighted by molar-refractivity contribution is 0.482. The van der Waals surface area contributed by atoms with Crippen LogP contribution in [-0.2, 0) is 0 Å². The molecule has 1 N–H and O–H groups in total. The lowest BCUT2D eigenvalue weighted by Crippen LogP contribution is -2.30. The van der Waals surface area contributed by atoms with Gasteiger partial charge in [-0.2, -0.15) is 0 Å². The number of rotatable bonds is 6.